The zero-order valence-electron chi connectivity index (χ0n) is 17.4. The molecule has 4 aromatic heterocycles. The monoisotopic (exact) mass is 457 g/mol. The van der Waals surface area contributed by atoms with Gasteiger partial charge in [-0.3, -0.25) is 15.4 Å². The minimum atomic E-state index is -0.464. The molecule has 10 heteroatoms. The Hall–Kier alpha value is -4.05. The van der Waals surface area contributed by atoms with Crippen molar-refractivity contribution in [2.24, 2.45) is 0 Å². The largest absolute Gasteiger partial charge is 0.446 e. The molecule has 0 fully saturated rings. The molecule has 1 atom stereocenters. The lowest BCUT2D eigenvalue weighted by Gasteiger charge is -2.22. The molecule has 1 amide bonds. The van der Waals surface area contributed by atoms with E-state index in [4.69, 9.17) is 4.74 Å². The third-order valence-corrected chi connectivity index (χ3v) is 6.85. The molecule has 3 N–H and O–H groups in total. The van der Waals surface area contributed by atoms with Gasteiger partial charge in [-0.25, -0.2) is 14.8 Å². The summed E-state index contributed by atoms with van der Waals surface area (Å²) in [6, 6.07) is 9.56. The Kier molecular flexibility index (Phi) is 4.84. The van der Waals surface area contributed by atoms with E-state index in [-0.39, 0.29) is 6.10 Å². The summed E-state index contributed by atoms with van der Waals surface area (Å²) >= 11 is 1.64. The molecule has 4 heterocycles. The number of amides is 1. The van der Waals surface area contributed by atoms with Crippen molar-refractivity contribution in [3.8, 4) is 0 Å². The Labute approximate surface area is 192 Å². The van der Waals surface area contributed by atoms with Gasteiger partial charge < -0.3 is 10.1 Å². The average Bonchev–Trinajstić information content (AvgIpc) is 3.43. The summed E-state index contributed by atoms with van der Waals surface area (Å²) in [5.74, 6) is 0.786. The Morgan fingerprint density at radius 2 is 2.15 bits per heavy atom. The van der Waals surface area contributed by atoms with Crippen LogP contribution in [0.25, 0.3) is 21.1 Å². The first-order valence-electron chi connectivity index (χ1n) is 10.6. The first-order chi connectivity index (χ1) is 16.2. The highest BCUT2D eigenvalue weighted by Gasteiger charge is 2.27. The van der Waals surface area contributed by atoms with Gasteiger partial charge in [-0.1, -0.05) is 0 Å². The molecule has 0 saturated carbocycles. The molecule has 0 aliphatic heterocycles. The van der Waals surface area contributed by atoms with E-state index in [2.05, 4.69) is 35.8 Å². The second-order valence-electron chi connectivity index (χ2n) is 7.84. The molecule has 0 bridgehead atoms. The minimum absolute atomic E-state index is 0.185. The summed E-state index contributed by atoms with van der Waals surface area (Å²) < 4.78 is 5.68. The topological polar surface area (TPSA) is 118 Å². The number of aromatic amines is 1. The molecule has 1 aromatic carbocycles. The van der Waals surface area contributed by atoms with E-state index in [1.807, 2.05) is 18.2 Å². The average molecular weight is 458 g/mol. The van der Waals surface area contributed by atoms with Gasteiger partial charge in [-0.2, -0.15) is 5.10 Å². The van der Waals surface area contributed by atoms with E-state index in [0.717, 1.165) is 45.5 Å². The van der Waals surface area contributed by atoms with Gasteiger partial charge in [0.1, 0.15) is 23.1 Å². The summed E-state index contributed by atoms with van der Waals surface area (Å²) in [4.78, 5) is 27.4. The number of pyridine rings is 1. The van der Waals surface area contributed by atoms with E-state index >= 15 is 0 Å². The maximum Gasteiger partial charge on any atom is 0.411 e. The number of anilines is 3. The second-order valence-corrected chi connectivity index (χ2v) is 8.92. The van der Waals surface area contributed by atoms with E-state index in [0.29, 0.717) is 12.1 Å². The number of aromatic nitrogens is 5. The molecule has 0 spiro atoms. The van der Waals surface area contributed by atoms with Gasteiger partial charge in [0.05, 0.1) is 29.0 Å². The van der Waals surface area contributed by atoms with Gasteiger partial charge in [-0.05, 0) is 48.7 Å². The van der Waals surface area contributed by atoms with Crippen LogP contribution >= 0.6 is 11.3 Å². The molecular formula is C23H19N7O2S. The van der Waals surface area contributed by atoms with Crippen LogP contribution in [0.5, 0.6) is 0 Å². The molecule has 1 unspecified atom stereocenters. The van der Waals surface area contributed by atoms with Crippen molar-refractivity contribution in [2.45, 2.75) is 25.4 Å². The van der Waals surface area contributed by atoms with E-state index < -0.39 is 6.09 Å². The van der Waals surface area contributed by atoms with Crippen LogP contribution in [-0.2, 0) is 17.6 Å². The Balaban J connectivity index is 1.22. The van der Waals surface area contributed by atoms with Crippen LogP contribution in [0.2, 0.25) is 0 Å². The minimum Gasteiger partial charge on any atom is -0.446 e. The molecule has 1 aliphatic rings. The van der Waals surface area contributed by atoms with Gasteiger partial charge in [0.2, 0.25) is 0 Å². The highest BCUT2D eigenvalue weighted by atomic mass is 32.1. The number of nitrogens with zero attached hydrogens (tertiary/aromatic N) is 4. The lowest BCUT2D eigenvalue weighted by Crippen LogP contribution is -2.27. The van der Waals surface area contributed by atoms with Crippen LogP contribution in [0, 0.1) is 0 Å². The zero-order valence-corrected chi connectivity index (χ0v) is 18.2. The number of fused-ring (bicyclic) bond motifs is 4. The fraction of sp³-hybridized carbons (Fsp3) is 0.174. The first kappa shape index (κ1) is 19.6. The number of H-pyrrole nitrogens is 1. The highest BCUT2D eigenvalue weighted by Crippen LogP contribution is 2.39. The third kappa shape index (κ3) is 3.85. The van der Waals surface area contributed by atoms with Gasteiger partial charge in [-0.15, -0.1) is 11.3 Å². The quantitative estimate of drug-likeness (QED) is 0.354. The lowest BCUT2D eigenvalue weighted by molar-refractivity contribution is 0.103. The number of thiophene rings is 1. The van der Waals surface area contributed by atoms with Crippen LogP contribution in [0.1, 0.15) is 16.9 Å². The molecule has 0 radical (unpaired) electrons. The fourth-order valence-corrected chi connectivity index (χ4v) is 5.42. The maximum absolute atomic E-state index is 12.3. The molecule has 6 rings (SSSR count). The number of carbonyl (C=O) groups is 1. The van der Waals surface area contributed by atoms with Crippen LogP contribution < -0.4 is 10.6 Å². The third-order valence-electron chi connectivity index (χ3n) is 5.68. The standard InChI is InChI=1S/C23H19N7O2S/c31-23(29-15-2-1-7-24-11-15)32-16-4-5-17-19(9-16)33-22-20(17)21(25-12-26-22)28-14-3-6-18-13(8-14)10-27-30-18/h1-3,6-8,10-12,16H,4-5,9H2,(H,27,30)(H,29,31)(H,25,26,28). The van der Waals surface area contributed by atoms with Gasteiger partial charge in [0.25, 0.3) is 0 Å². The number of ether oxygens (including phenoxy) is 1. The van der Waals surface area contributed by atoms with Crippen molar-refractivity contribution >= 4 is 55.7 Å². The number of rotatable bonds is 4. The number of hydrogen-bond donors (Lipinski definition) is 3. The summed E-state index contributed by atoms with van der Waals surface area (Å²) in [6.07, 6.45) is 8.18. The van der Waals surface area contributed by atoms with E-state index in [9.17, 15) is 4.79 Å². The normalized spacial score (nSPS) is 15.3. The van der Waals surface area contributed by atoms with Gasteiger partial charge >= 0.3 is 6.09 Å². The lowest BCUT2D eigenvalue weighted by atomic mass is 9.94. The Morgan fingerprint density at radius 1 is 1.18 bits per heavy atom. The smallest absolute Gasteiger partial charge is 0.411 e. The van der Waals surface area contributed by atoms with Crippen LogP contribution in [0.3, 0.4) is 0 Å². The highest BCUT2D eigenvalue weighted by molar-refractivity contribution is 7.19. The fourth-order valence-electron chi connectivity index (χ4n) is 4.17. The predicted octanol–water partition coefficient (Wildman–Crippen LogP) is 4.81. The summed E-state index contributed by atoms with van der Waals surface area (Å²) in [5.41, 5.74) is 3.77. The Bertz CT molecular complexity index is 1460. The van der Waals surface area contributed by atoms with Crippen molar-refractivity contribution in [1.82, 2.24) is 25.1 Å². The van der Waals surface area contributed by atoms with Gasteiger partial charge in [0.15, 0.2) is 0 Å². The summed E-state index contributed by atoms with van der Waals surface area (Å²) in [5, 5.41) is 15.3. The van der Waals surface area contributed by atoms with Crippen LogP contribution in [0.15, 0.2) is 55.2 Å². The number of nitrogens with one attached hydrogen (secondary N) is 3. The Morgan fingerprint density at radius 3 is 3.06 bits per heavy atom. The van der Waals surface area contributed by atoms with Crippen molar-refractivity contribution in [1.29, 1.82) is 0 Å². The van der Waals surface area contributed by atoms with Crippen molar-refractivity contribution in [3.63, 3.8) is 0 Å². The van der Waals surface area contributed by atoms with Crippen molar-refractivity contribution in [3.05, 3.63) is 65.7 Å². The summed E-state index contributed by atoms with van der Waals surface area (Å²) in [7, 11) is 0. The zero-order chi connectivity index (χ0) is 22.2. The molecule has 1 aliphatic carbocycles. The summed E-state index contributed by atoms with van der Waals surface area (Å²) in [6.45, 7) is 0. The van der Waals surface area contributed by atoms with E-state index in [1.165, 1.54) is 10.4 Å². The number of hydrogen-bond acceptors (Lipinski definition) is 8. The molecule has 9 nitrogen and oxygen atoms in total. The molecular weight excluding hydrogens is 438 g/mol. The molecule has 33 heavy (non-hydrogen) atoms. The van der Waals surface area contributed by atoms with E-state index in [1.54, 1.807) is 48.4 Å². The second kappa shape index (κ2) is 8.14. The van der Waals surface area contributed by atoms with Crippen molar-refractivity contribution < 1.29 is 9.53 Å². The number of carbonyl (C=O) groups excluding carboxylic acids is 1. The first-order valence-corrected chi connectivity index (χ1v) is 11.4. The predicted molar refractivity (Wildman–Crippen MR) is 127 cm³/mol. The van der Waals surface area contributed by atoms with Crippen LogP contribution in [0.4, 0.5) is 22.0 Å². The molecule has 0 saturated heterocycles. The SMILES string of the molecule is O=C(Nc1cccnc1)OC1CCc2c(sc3ncnc(Nc4ccc5[nH]ncc5c4)c23)C1. The molecule has 5 aromatic rings. The number of aryl methyl sites for hydroxylation is 1. The number of benzene rings is 1. The van der Waals surface area contributed by atoms with Crippen LogP contribution in [-0.4, -0.2) is 37.3 Å². The molecule has 164 valence electrons. The van der Waals surface area contributed by atoms with Gasteiger partial charge in [0, 0.05) is 28.6 Å². The van der Waals surface area contributed by atoms with Crippen molar-refractivity contribution in [2.75, 3.05) is 10.6 Å². The maximum atomic E-state index is 12.3.